The number of primary amides is 1. The van der Waals surface area contributed by atoms with Gasteiger partial charge in [-0.2, -0.15) is 10.4 Å². The van der Waals surface area contributed by atoms with E-state index in [2.05, 4.69) is 15.3 Å². The second-order valence-corrected chi connectivity index (χ2v) is 9.00. The van der Waals surface area contributed by atoms with Crippen LogP contribution in [0.2, 0.25) is 10.0 Å². The molecule has 10 nitrogen and oxygen atoms in total. The SMILES string of the molecule is N#CC(=NNc1cc(Cl)c(Oc2ccc3c(c2)CCN(Cc2cccc(F)c2)C3=O)c(Cl)c1)C(=O)OC(N)=O. The first-order chi connectivity index (χ1) is 18.6. The second-order valence-electron chi connectivity index (χ2n) is 8.19. The zero-order valence-corrected chi connectivity index (χ0v) is 21.4. The zero-order chi connectivity index (χ0) is 28.1. The fourth-order valence-electron chi connectivity index (χ4n) is 3.80. The molecule has 0 aliphatic carbocycles. The highest BCUT2D eigenvalue weighted by Gasteiger charge is 2.25. The predicted molar refractivity (Wildman–Crippen MR) is 140 cm³/mol. The lowest BCUT2D eigenvalue weighted by molar-refractivity contribution is -0.129. The zero-order valence-electron chi connectivity index (χ0n) is 19.9. The van der Waals surface area contributed by atoms with Crippen LogP contribution in [0, 0.1) is 17.1 Å². The first-order valence-corrected chi connectivity index (χ1v) is 12.0. The van der Waals surface area contributed by atoms with Crippen LogP contribution in [0.25, 0.3) is 0 Å². The van der Waals surface area contributed by atoms with E-state index in [1.807, 2.05) is 0 Å². The number of hydrazone groups is 1. The molecule has 0 unspecified atom stereocenters. The van der Waals surface area contributed by atoms with Crippen LogP contribution < -0.4 is 15.9 Å². The number of carbonyl (C=O) groups excluding carboxylic acids is 3. The van der Waals surface area contributed by atoms with Gasteiger partial charge in [0.05, 0.1) is 15.7 Å². The van der Waals surface area contributed by atoms with Crippen LogP contribution in [0.15, 0.2) is 59.7 Å². The van der Waals surface area contributed by atoms with Gasteiger partial charge in [0.25, 0.3) is 5.91 Å². The molecule has 0 saturated heterocycles. The summed E-state index contributed by atoms with van der Waals surface area (Å²) in [5.74, 6) is -1.35. The number of rotatable bonds is 7. The summed E-state index contributed by atoms with van der Waals surface area (Å²) >= 11 is 12.7. The summed E-state index contributed by atoms with van der Waals surface area (Å²) < 4.78 is 23.5. The number of carbonyl (C=O) groups is 3. The van der Waals surface area contributed by atoms with Crippen LogP contribution in [0.5, 0.6) is 11.5 Å². The number of hydrogen-bond acceptors (Lipinski definition) is 8. The minimum atomic E-state index is -1.39. The highest BCUT2D eigenvalue weighted by molar-refractivity contribution is 6.44. The highest BCUT2D eigenvalue weighted by Crippen LogP contribution is 2.39. The van der Waals surface area contributed by atoms with Crippen LogP contribution in [0.3, 0.4) is 0 Å². The average molecular weight is 570 g/mol. The van der Waals surface area contributed by atoms with E-state index in [-0.39, 0.29) is 33.2 Å². The van der Waals surface area contributed by atoms with Gasteiger partial charge in [0.1, 0.15) is 17.6 Å². The van der Waals surface area contributed by atoms with Crippen LogP contribution in [-0.4, -0.2) is 35.1 Å². The third-order valence-electron chi connectivity index (χ3n) is 5.52. The van der Waals surface area contributed by atoms with Crippen LogP contribution >= 0.6 is 23.2 Å². The molecule has 39 heavy (non-hydrogen) atoms. The third-order valence-corrected chi connectivity index (χ3v) is 6.08. The Kier molecular flexibility index (Phi) is 8.29. The summed E-state index contributed by atoms with van der Waals surface area (Å²) in [5, 5.41) is 12.7. The molecule has 0 saturated carbocycles. The van der Waals surface area contributed by atoms with E-state index in [9.17, 15) is 18.8 Å². The Labute approximate surface area is 231 Å². The molecule has 1 heterocycles. The Morgan fingerprint density at radius 3 is 2.56 bits per heavy atom. The molecule has 1 aliphatic rings. The lowest BCUT2D eigenvalue weighted by Crippen LogP contribution is -2.37. The molecular weight excluding hydrogens is 552 g/mol. The number of esters is 1. The molecule has 0 atom stereocenters. The number of fused-ring (bicyclic) bond motifs is 1. The maximum absolute atomic E-state index is 13.5. The molecule has 0 aromatic heterocycles. The van der Waals surface area contributed by atoms with E-state index < -0.39 is 17.8 Å². The van der Waals surface area contributed by atoms with Gasteiger partial charge in [-0.05, 0) is 60.0 Å². The van der Waals surface area contributed by atoms with Gasteiger partial charge in [-0.25, -0.2) is 14.0 Å². The average Bonchev–Trinajstić information content (AvgIpc) is 2.88. The maximum atomic E-state index is 13.5. The molecule has 2 amide bonds. The largest absolute Gasteiger partial charge is 0.454 e. The van der Waals surface area contributed by atoms with Crippen molar-refractivity contribution in [1.82, 2.24) is 4.90 Å². The molecule has 4 rings (SSSR count). The Balaban J connectivity index is 1.47. The standard InChI is InChI=1S/C26H18Cl2FN5O5/c27-20-10-17(32-33-22(12-30)25(36)39-26(31)37)11-21(28)23(20)38-18-4-5-19-15(9-18)6-7-34(24(19)35)13-14-2-1-3-16(29)8-14/h1-5,8-11,32H,6-7,13H2,(H2,31,37). The molecule has 0 bridgehead atoms. The predicted octanol–water partition coefficient (Wildman–Crippen LogP) is 5.04. The summed E-state index contributed by atoms with van der Waals surface area (Å²) in [4.78, 5) is 37.0. The third kappa shape index (κ3) is 6.62. The fourth-order valence-corrected chi connectivity index (χ4v) is 4.36. The highest BCUT2D eigenvalue weighted by atomic mass is 35.5. The molecule has 3 aromatic rings. The fraction of sp³-hybridized carbons (Fsp3) is 0.115. The Bertz CT molecular complexity index is 1530. The minimum absolute atomic E-state index is 0.0773. The number of nitrogens with zero attached hydrogens (tertiary/aromatic N) is 3. The lowest BCUT2D eigenvalue weighted by atomic mass is 9.98. The van der Waals surface area contributed by atoms with Crippen molar-refractivity contribution < 1.29 is 28.2 Å². The van der Waals surface area contributed by atoms with E-state index in [4.69, 9.17) is 38.9 Å². The number of amides is 2. The number of benzene rings is 3. The van der Waals surface area contributed by atoms with Gasteiger partial charge in [-0.1, -0.05) is 35.3 Å². The lowest BCUT2D eigenvalue weighted by Gasteiger charge is -2.29. The van der Waals surface area contributed by atoms with Gasteiger partial charge in [0.15, 0.2) is 5.75 Å². The number of nitrogens with one attached hydrogen (secondary N) is 1. The first kappa shape index (κ1) is 27.4. The second kappa shape index (κ2) is 11.8. The van der Waals surface area contributed by atoms with Crippen molar-refractivity contribution in [2.75, 3.05) is 12.0 Å². The number of hydrogen-bond donors (Lipinski definition) is 2. The van der Waals surface area contributed by atoms with Crippen molar-refractivity contribution >= 4 is 52.6 Å². The van der Waals surface area contributed by atoms with E-state index in [0.717, 1.165) is 5.56 Å². The van der Waals surface area contributed by atoms with Gasteiger partial charge in [-0.15, -0.1) is 0 Å². The number of nitriles is 1. The van der Waals surface area contributed by atoms with Crippen molar-refractivity contribution in [1.29, 1.82) is 5.26 Å². The van der Waals surface area contributed by atoms with Crippen molar-refractivity contribution in [3.05, 3.63) is 87.2 Å². The van der Waals surface area contributed by atoms with E-state index in [0.29, 0.717) is 36.4 Å². The quantitative estimate of drug-likeness (QED) is 0.175. The molecule has 0 radical (unpaired) electrons. The smallest absolute Gasteiger partial charge is 0.412 e. The summed E-state index contributed by atoms with van der Waals surface area (Å²) in [7, 11) is 0. The van der Waals surface area contributed by atoms with Gasteiger partial charge in [0, 0.05) is 18.7 Å². The van der Waals surface area contributed by atoms with Gasteiger partial charge in [0.2, 0.25) is 5.71 Å². The molecular formula is C26H18Cl2FN5O5. The van der Waals surface area contributed by atoms with Gasteiger partial charge in [-0.3, -0.25) is 10.2 Å². The van der Waals surface area contributed by atoms with Crippen molar-refractivity contribution in [3.63, 3.8) is 0 Å². The molecule has 3 aromatic carbocycles. The normalized spacial score (nSPS) is 12.8. The van der Waals surface area contributed by atoms with Gasteiger partial charge < -0.3 is 20.1 Å². The maximum Gasteiger partial charge on any atom is 0.412 e. The van der Waals surface area contributed by atoms with Crippen LogP contribution in [-0.2, 0) is 22.5 Å². The topological polar surface area (TPSA) is 147 Å². The summed E-state index contributed by atoms with van der Waals surface area (Å²) in [5.41, 5.74) is 8.60. The number of halogens is 3. The number of anilines is 1. The summed E-state index contributed by atoms with van der Waals surface area (Å²) in [6.07, 6.45) is -0.821. The Morgan fingerprint density at radius 1 is 1.15 bits per heavy atom. The number of ether oxygens (including phenoxy) is 2. The molecule has 1 aliphatic heterocycles. The van der Waals surface area contributed by atoms with Crippen LogP contribution in [0.1, 0.15) is 21.5 Å². The van der Waals surface area contributed by atoms with E-state index in [1.165, 1.54) is 30.3 Å². The summed E-state index contributed by atoms with van der Waals surface area (Å²) in [6.45, 7) is 0.748. The molecule has 13 heteroatoms. The molecule has 3 N–H and O–H groups in total. The minimum Gasteiger partial charge on any atom is -0.454 e. The van der Waals surface area contributed by atoms with Crippen molar-refractivity contribution in [2.45, 2.75) is 13.0 Å². The van der Waals surface area contributed by atoms with E-state index >= 15 is 0 Å². The number of nitrogens with two attached hydrogens (primary N) is 1. The van der Waals surface area contributed by atoms with Crippen LogP contribution in [0.4, 0.5) is 14.9 Å². The first-order valence-electron chi connectivity index (χ1n) is 11.2. The Morgan fingerprint density at radius 2 is 1.90 bits per heavy atom. The van der Waals surface area contributed by atoms with E-state index in [1.54, 1.807) is 35.2 Å². The van der Waals surface area contributed by atoms with Crippen molar-refractivity contribution in [3.8, 4) is 17.6 Å². The van der Waals surface area contributed by atoms with Gasteiger partial charge >= 0.3 is 12.1 Å². The monoisotopic (exact) mass is 569 g/mol. The molecule has 0 fully saturated rings. The molecule has 198 valence electrons. The van der Waals surface area contributed by atoms with Crippen molar-refractivity contribution in [2.24, 2.45) is 10.8 Å². The Hall–Kier alpha value is -4.66. The summed E-state index contributed by atoms with van der Waals surface area (Å²) in [6, 6.07) is 15.3. The molecule has 0 spiro atoms.